The lowest BCUT2D eigenvalue weighted by molar-refractivity contribution is -0.118. The summed E-state index contributed by atoms with van der Waals surface area (Å²) in [5, 5.41) is 0.692. The van der Waals surface area contributed by atoms with Gasteiger partial charge >= 0.3 is 0 Å². The summed E-state index contributed by atoms with van der Waals surface area (Å²) in [6.45, 7) is 4.73. The number of rotatable bonds is 6. The predicted octanol–water partition coefficient (Wildman–Crippen LogP) is 6.35. The molecule has 1 amide bonds. The Bertz CT molecular complexity index is 1160. The van der Waals surface area contributed by atoms with Crippen LogP contribution in [0.2, 0.25) is 0 Å². The highest BCUT2D eigenvalue weighted by atomic mass is 79.9. The van der Waals surface area contributed by atoms with E-state index >= 15 is 0 Å². The minimum absolute atomic E-state index is 0.0103. The maximum absolute atomic E-state index is 13.3. The van der Waals surface area contributed by atoms with E-state index in [1.54, 1.807) is 11.1 Å². The number of carbonyl (C=O) groups is 1. The van der Waals surface area contributed by atoms with E-state index in [1.165, 1.54) is 16.9 Å². The Morgan fingerprint density at radius 2 is 1.90 bits per heavy atom. The molecule has 30 heavy (non-hydrogen) atoms. The van der Waals surface area contributed by atoms with Gasteiger partial charge in [-0.15, -0.1) is 0 Å². The highest BCUT2D eigenvalue weighted by molar-refractivity contribution is 9.10. The maximum Gasteiger partial charge on any atom is 0.233 e. The van der Waals surface area contributed by atoms with Crippen LogP contribution in [0.25, 0.3) is 10.2 Å². The van der Waals surface area contributed by atoms with Crippen molar-refractivity contribution in [2.75, 3.05) is 4.90 Å². The van der Waals surface area contributed by atoms with Gasteiger partial charge in [-0.2, -0.15) is 0 Å². The van der Waals surface area contributed by atoms with Crippen molar-refractivity contribution in [3.63, 3.8) is 0 Å². The summed E-state index contributed by atoms with van der Waals surface area (Å²) in [6.07, 6.45) is 2.07. The summed E-state index contributed by atoms with van der Waals surface area (Å²) in [6, 6.07) is 20.0. The minimum atomic E-state index is 0.0103. The Balaban J connectivity index is 1.64. The molecule has 0 saturated carbocycles. The molecule has 2 aromatic carbocycles. The van der Waals surface area contributed by atoms with E-state index in [9.17, 15) is 4.79 Å². The number of aromatic nitrogens is 2. The summed E-state index contributed by atoms with van der Waals surface area (Å²) in [5.74, 6) is 0.480. The second kappa shape index (κ2) is 9.06. The average molecular weight is 480 g/mol. The van der Waals surface area contributed by atoms with Crippen molar-refractivity contribution in [1.82, 2.24) is 9.97 Å². The number of fused-ring (bicyclic) bond motifs is 1. The lowest BCUT2D eigenvalue weighted by Crippen LogP contribution is -2.32. The Kier molecular flexibility index (Phi) is 6.25. The maximum atomic E-state index is 13.3. The zero-order valence-electron chi connectivity index (χ0n) is 16.9. The van der Waals surface area contributed by atoms with Crippen molar-refractivity contribution < 1.29 is 4.79 Å². The number of halogens is 1. The van der Waals surface area contributed by atoms with Crippen LogP contribution in [0.4, 0.5) is 5.13 Å². The number of anilines is 1. The number of amides is 1. The molecule has 0 spiro atoms. The zero-order chi connectivity index (χ0) is 21.1. The average Bonchev–Trinajstić information content (AvgIpc) is 3.15. The standard InChI is InChI=1S/C24H22BrN3OS/c1-16(2)18-8-6-17(7-9-18)13-23(29)28(15-20-5-3-4-12-26-20)24-27-21-11-10-19(25)14-22(21)30-24/h3-12,14,16H,13,15H2,1-2H3. The molecular formula is C24H22BrN3OS. The van der Waals surface area contributed by atoms with E-state index in [4.69, 9.17) is 4.98 Å². The van der Waals surface area contributed by atoms with Gasteiger partial charge < -0.3 is 0 Å². The first-order chi connectivity index (χ1) is 14.5. The number of benzene rings is 2. The minimum Gasteiger partial charge on any atom is -0.282 e. The molecule has 2 aromatic heterocycles. The number of hydrogen-bond acceptors (Lipinski definition) is 4. The summed E-state index contributed by atoms with van der Waals surface area (Å²) < 4.78 is 2.04. The number of carbonyl (C=O) groups excluding carboxylic acids is 1. The molecule has 0 aliphatic rings. The number of thiazole rings is 1. The Morgan fingerprint density at radius 1 is 1.10 bits per heavy atom. The second-order valence-electron chi connectivity index (χ2n) is 7.48. The first-order valence-corrected chi connectivity index (χ1v) is 11.5. The van der Waals surface area contributed by atoms with E-state index < -0.39 is 0 Å². The number of nitrogens with zero attached hydrogens (tertiary/aromatic N) is 3. The van der Waals surface area contributed by atoms with Gasteiger partial charge in [0.05, 0.1) is 28.9 Å². The summed E-state index contributed by atoms with van der Waals surface area (Å²) in [7, 11) is 0. The van der Waals surface area contributed by atoms with E-state index in [0.717, 1.165) is 25.9 Å². The van der Waals surface area contributed by atoms with Gasteiger partial charge in [-0.25, -0.2) is 4.98 Å². The van der Waals surface area contributed by atoms with Crippen molar-refractivity contribution in [1.29, 1.82) is 0 Å². The largest absolute Gasteiger partial charge is 0.282 e. The molecule has 4 aromatic rings. The molecule has 6 heteroatoms. The highest BCUT2D eigenvalue weighted by Gasteiger charge is 2.21. The first kappa shape index (κ1) is 20.7. The fourth-order valence-corrected chi connectivity index (χ4v) is 4.74. The van der Waals surface area contributed by atoms with Gasteiger partial charge in [0, 0.05) is 10.7 Å². The van der Waals surface area contributed by atoms with E-state index in [0.29, 0.717) is 24.0 Å². The summed E-state index contributed by atoms with van der Waals surface area (Å²) >= 11 is 5.03. The number of pyridine rings is 1. The monoisotopic (exact) mass is 479 g/mol. The normalized spacial score (nSPS) is 11.2. The third kappa shape index (κ3) is 4.77. The fourth-order valence-electron chi connectivity index (χ4n) is 3.21. The Hall–Kier alpha value is -2.57. The van der Waals surface area contributed by atoms with Gasteiger partial charge in [-0.05, 0) is 47.4 Å². The first-order valence-electron chi connectivity index (χ1n) is 9.85. The van der Waals surface area contributed by atoms with Crippen LogP contribution in [0, 0.1) is 0 Å². The Morgan fingerprint density at radius 3 is 2.60 bits per heavy atom. The van der Waals surface area contributed by atoms with Crippen LogP contribution >= 0.6 is 27.3 Å². The van der Waals surface area contributed by atoms with E-state index in [2.05, 4.69) is 46.9 Å². The van der Waals surface area contributed by atoms with Gasteiger partial charge in [0.15, 0.2) is 5.13 Å². The molecule has 4 nitrogen and oxygen atoms in total. The molecule has 0 unspecified atom stereocenters. The lowest BCUT2D eigenvalue weighted by Gasteiger charge is -2.20. The summed E-state index contributed by atoms with van der Waals surface area (Å²) in [4.78, 5) is 24.2. The van der Waals surface area contributed by atoms with Gasteiger partial charge in [0.2, 0.25) is 5.91 Å². The van der Waals surface area contributed by atoms with Crippen LogP contribution < -0.4 is 4.90 Å². The van der Waals surface area contributed by atoms with Crippen LogP contribution in [0.1, 0.15) is 36.6 Å². The fraction of sp³-hybridized carbons (Fsp3) is 0.208. The predicted molar refractivity (Wildman–Crippen MR) is 127 cm³/mol. The third-order valence-corrected chi connectivity index (χ3v) is 6.45. The molecule has 2 heterocycles. The van der Waals surface area contributed by atoms with E-state index in [1.807, 2.05) is 48.5 Å². The molecule has 0 aliphatic heterocycles. The second-order valence-corrected chi connectivity index (χ2v) is 9.41. The van der Waals surface area contributed by atoms with Crippen molar-refractivity contribution in [2.45, 2.75) is 32.7 Å². The molecule has 0 bridgehead atoms. The molecule has 0 fully saturated rings. The smallest absolute Gasteiger partial charge is 0.233 e. The SMILES string of the molecule is CC(C)c1ccc(CC(=O)N(Cc2ccccn2)c2nc3ccc(Br)cc3s2)cc1. The topological polar surface area (TPSA) is 46.1 Å². The van der Waals surface area contributed by atoms with Gasteiger partial charge in [-0.1, -0.05) is 71.4 Å². The molecule has 0 saturated heterocycles. The molecular weight excluding hydrogens is 458 g/mol. The van der Waals surface area contributed by atoms with Crippen LogP contribution in [0.5, 0.6) is 0 Å². The van der Waals surface area contributed by atoms with Crippen molar-refractivity contribution in [3.8, 4) is 0 Å². The highest BCUT2D eigenvalue weighted by Crippen LogP contribution is 2.32. The molecule has 0 radical (unpaired) electrons. The third-order valence-electron chi connectivity index (χ3n) is 4.92. The van der Waals surface area contributed by atoms with Crippen LogP contribution in [0.3, 0.4) is 0 Å². The Labute approximate surface area is 188 Å². The molecule has 152 valence electrons. The summed E-state index contributed by atoms with van der Waals surface area (Å²) in [5.41, 5.74) is 3.99. The van der Waals surface area contributed by atoms with Crippen molar-refractivity contribution in [3.05, 3.63) is 88.2 Å². The van der Waals surface area contributed by atoms with Gasteiger partial charge in [-0.3, -0.25) is 14.7 Å². The number of hydrogen-bond donors (Lipinski definition) is 0. The van der Waals surface area contributed by atoms with Gasteiger partial charge in [0.25, 0.3) is 0 Å². The zero-order valence-corrected chi connectivity index (χ0v) is 19.3. The van der Waals surface area contributed by atoms with Crippen LogP contribution in [-0.2, 0) is 17.8 Å². The quantitative estimate of drug-likeness (QED) is 0.323. The molecule has 0 atom stereocenters. The molecule has 4 rings (SSSR count). The molecule has 0 N–H and O–H groups in total. The lowest BCUT2D eigenvalue weighted by atomic mass is 10.0. The van der Waals surface area contributed by atoms with Crippen molar-refractivity contribution in [2.24, 2.45) is 0 Å². The van der Waals surface area contributed by atoms with E-state index in [-0.39, 0.29) is 5.91 Å². The van der Waals surface area contributed by atoms with Crippen molar-refractivity contribution >= 4 is 48.5 Å². The van der Waals surface area contributed by atoms with Gasteiger partial charge in [0.1, 0.15) is 0 Å². The molecule has 0 aliphatic carbocycles. The van der Waals surface area contributed by atoms with Crippen LogP contribution in [-0.4, -0.2) is 15.9 Å². The van der Waals surface area contributed by atoms with Crippen LogP contribution in [0.15, 0.2) is 71.3 Å².